The number of carbonyl (C=O) groups is 1. The van der Waals surface area contributed by atoms with Crippen LogP contribution in [-0.4, -0.2) is 25.6 Å². The van der Waals surface area contributed by atoms with Crippen LogP contribution >= 0.6 is 22.6 Å². The van der Waals surface area contributed by atoms with E-state index in [2.05, 4.69) is 27.6 Å². The molecule has 1 aliphatic rings. The highest BCUT2D eigenvalue weighted by molar-refractivity contribution is 14.1. The number of ether oxygens (including phenoxy) is 3. The van der Waals surface area contributed by atoms with Crippen molar-refractivity contribution in [2.24, 2.45) is 4.99 Å². The van der Waals surface area contributed by atoms with Crippen LogP contribution in [0.5, 0.6) is 11.5 Å². The molecule has 20 heavy (non-hydrogen) atoms. The maximum absolute atomic E-state index is 11.5. The highest BCUT2D eigenvalue weighted by Gasteiger charge is 2.20. The average molecular weight is 387 g/mol. The van der Waals surface area contributed by atoms with Gasteiger partial charge in [-0.3, -0.25) is 0 Å². The lowest BCUT2D eigenvalue weighted by Gasteiger charge is -2.12. The molecule has 6 heteroatoms. The SMILES string of the molecule is CCOc1c(I)cc(/C=C2/N=C(C)OC2=O)cc1OC. The Morgan fingerprint density at radius 2 is 2.20 bits per heavy atom. The first kappa shape index (κ1) is 14.8. The van der Waals surface area contributed by atoms with Gasteiger partial charge in [-0.1, -0.05) is 0 Å². The van der Waals surface area contributed by atoms with E-state index >= 15 is 0 Å². The van der Waals surface area contributed by atoms with E-state index in [1.807, 2.05) is 13.0 Å². The molecule has 0 atom stereocenters. The number of aliphatic imine (C=N–C) groups is 1. The van der Waals surface area contributed by atoms with Crippen molar-refractivity contribution in [3.8, 4) is 11.5 Å². The van der Waals surface area contributed by atoms with E-state index in [-0.39, 0.29) is 5.70 Å². The van der Waals surface area contributed by atoms with Crippen molar-refractivity contribution in [3.63, 3.8) is 0 Å². The van der Waals surface area contributed by atoms with Crippen molar-refractivity contribution < 1.29 is 19.0 Å². The minimum atomic E-state index is -0.439. The second kappa shape index (κ2) is 6.25. The van der Waals surface area contributed by atoms with E-state index < -0.39 is 5.97 Å². The molecule has 1 heterocycles. The Morgan fingerprint density at radius 1 is 1.45 bits per heavy atom. The van der Waals surface area contributed by atoms with Gasteiger partial charge >= 0.3 is 5.97 Å². The van der Waals surface area contributed by atoms with E-state index in [1.54, 1.807) is 26.2 Å². The predicted octanol–water partition coefficient (Wildman–Crippen LogP) is 3.01. The van der Waals surface area contributed by atoms with Gasteiger partial charge in [0.15, 0.2) is 23.1 Å². The quantitative estimate of drug-likeness (QED) is 0.453. The molecule has 0 saturated carbocycles. The van der Waals surface area contributed by atoms with Crippen molar-refractivity contribution in [2.45, 2.75) is 13.8 Å². The molecule has 0 fully saturated rings. The Bertz CT molecular complexity index is 607. The van der Waals surface area contributed by atoms with Crippen molar-refractivity contribution >= 4 is 40.5 Å². The van der Waals surface area contributed by atoms with Crippen LogP contribution in [0.3, 0.4) is 0 Å². The molecule has 1 aromatic rings. The maximum atomic E-state index is 11.5. The summed E-state index contributed by atoms with van der Waals surface area (Å²) in [5.41, 5.74) is 1.09. The van der Waals surface area contributed by atoms with Crippen molar-refractivity contribution in [2.75, 3.05) is 13.7 Å². The monoisotopic (exact) mass is 387 g/mol. The molecular formula is C14H14INO4. The lowest BCUT2D eigenvalue weighted by atomic mass is 10.1. The predicted molar refractivity (Wildman–Crippen MR) is 84.1 cm³/mol. The zero-order chi connectivity index (χ0) is 14.7. The van der Waals surface area contributed by atoms with Crippen molar-refractivity contribution in [1.82, 2.24) is 0 Å². The summed E-state index contributed by atoms with van der Waals surface area (Å²) in [6.45, 7) is 4.11. The molecule has 0 N–H and O–H groups in total. The van der Waals surface area contributed by atoms with Crippen LogP contribution in [0.2, 0.25) is 0 Å². The molecule has 1 aliphatic heterocycles. The molecule has 0 amide bonds. The molecule has 0 aromatic heterocycles. The van der Waals surface area contributed by atoms with Crippen LogP contribution in [0.15, 0.2) is 22.8 Å². The topological polar surface area (TPSA) is 57.1 Å². The molecule has 0 saturated heterocycles. The molecule has 106 valence electrons. The molecule has 2 rings (SSSR count). The summed E-state index contributed by atoms with van der Waals surface area (Å²) in [6.07, 6.45) is 1.67. The van der Waals surface area contributed by atoms with E-state index in [4.69, 9.17) is 14.2 Å². The van der Waals surface area contributed by atoms with Gasteiger partial charge in [-0.25, -0.2) is 9.79 Å². The van der Waals surface area contributed by atoms with Gasteiger partial charge in [0.1, 0.15) is 0 Å². The lowest BCUT2D eigenvalue weighted by Crippen LogP contribution is -2.00. The first-order valence-corrected chi connectivity index (χ1v) is 7.12. The molecule has 0 radical (unpaired) electrons. The summed E-state index contributed by atoms with van der Waals surface area (Å²) >= 11 is 2.17. The number of halogens is 1. The summed E-state index contributed by atoms with van der Waals surface area (Å²) in [5, 5.41) is 0. The Balaban J connectivity index is 2.42. The summed E-state index contributed by atoms with van der Waals surface area (Å²) in [4.78, 5) is 15.6. The van der Waals surface area contributed by atoms with E-state index in [0.29, 0.717) is 24.0 Å². The van der Waals surface area contributed by atoms with Gasteiger partial charge in [0.2, 0.25) is 0 Å². The molecule has 0 aliphatic carbocycles. The number of benzene rings is 1. The Morgan fingerprint density at radius 3 is 2.75 bits per heavy atom. The summed E-state index contributed by atoms with van der Waals surface area (Å²) < 4.78 is 16.7. The van der Waals surface area contributed by atoms with Crippen LogP contribution in [0.25, 0.3) is 6.08 Å². The lowest BCUT2D eigenvalue weighted by molar-refractivity contribution is -0.130. The van der Waals surface area contributed by atoms with Crippen LogP contribution in [0, 0.1) is 3.57 Å². The molecule has 5 nitrogen and oxygen atoms in total. The van der Waals surface area contributed by atoms with E-state index in [1.165, 1.54) is 0 Å². The fourth-order valence-electron chi connectivity index (χ4n) is 1.78. The molecule has 0 spiro atoms. The number of rotatable bonds is 4. The van der Waals surface area contributed by atoms with Gasteiger partial charge in [0.25, 0.3) is 0 Å². The number of carbonyl (C=O) groups excluding carboxylic acids is 1. The average Bonchev–Trinajstić information content (AvgIpc) is 2.70. The second-order valence-electron chi connectivity index (χ2n) is 4.02. The van der Waals surface area contributed by atoms with Crippen LogP contribution in [0.1, 0.15) is 19.4 Å². The molecule has 0 unspecified atom stereocenters. The number of esters is 1. The standard InChI is InChI=1S/C14H14INO4/c1-4-19-13-10(15)5-9(7-12(13)18-3)6-11-14(17)20-8(2)16-11/h5-7H,4H2,1-3H3/b11-6+. The minimum Gasteiger partial charge on any atom is -0.493 e. The van der Waals surface area contributed by atoms with Gasteiger partial charge in [-0.2, -0.15) is 0 Å². The van der Waals surface area contributed by atoms with Crippen LogP contribution in [0.4, 0.5) is 0 Å². The van der Waals surface area contributed by atoms with Crippen molar-refractivity contribution in [3.05, 3.63) is 27.0 Å². The fourth-order valence-corrected chi connectivity index (χ4v) is 2.56. The molecule has 0 bridgehead atoms. The number of nitrogens with zero attached hydrogens (tertiary/aromatic N) is 1. The largest absolute Gasteiger partial charge is 0.493 e. The summed E-state index contributed by atoms with van der Waals surface area (Å²) in [5.74, 6) is 1.24. The number of hydrogen-bond acceptors (Lipinski definition) is 5. The maximum Gasteiger partial charge on any atom is 0.363 e. The molecule has 1 aromatic carbocycles. The third kappa shape index (κ3) is 3.12. The van der Waals surface area contributed by atoms with Crippen molar-refractivity contribution in [1.29, 1.82) is 0 Å². The van der Waals surface area contributed by atoms with Gasteiger partial charge in [-0.05, 0) is 53.3 Å². The van der Waals surface area contributed by atoms with Gasteiger partial charge in [-0.15, -0.1) is 0 Å². The Hall–Kier alpha value is -1.57. The Labute approximate surface area is 130 Å². The number of methoxy groups -OCH3 is 1. The molecular weight excluding hydrogens is 373 g/mol. The normalized spacial score (nSPS) is 16.1. The highest BCUT2D eigenvalue weighted by Crippen LogP contribution is 2.34. The fraction of sp³-hybridized carbons (Fsp3) is 0.286. The smallest absolute Gasteiger partial charge is 0.363 e. The number of cyclic esters (lactones) is 1. The zero-order valence-electron chi connectivity index (χ0n) is 11.4. The van der Waals surface area contributed by atoms with Gasteiger partial charge < -0.3 is 14.2 Å². The minimum absolute atomic E-state index is 0.282. The summed E-state index contributed by atoms with van der Waals surface area (Å²) in [7, 11) is 1.58. The van der Waals surface area contributed by atoms with E-state index in [0.717, 1.165) is 9.13 Å². The number of hydrogen-bond donors (Lipinski definition) is 0. The first-order chi connectivity index (χ1) is 9.55. The van der Waals surface area contributed by atoms with Crippen LogP contribution in [-0.2, 0) is 9.53 Å². The zero-order valence-corrected chi connectivity index (χ0v) is 13.6. The second-order valence-corrected chi connectivity index (χ2v) is 5.18. The van der Waals surface area contributed by atoms with Crippen LogP contribution < -0.4 is 9.47 Å². The highest BCUT2D eigenvalue weighted by atomic mass is 127. The third-order valence-electron chi connectivity index (χ3n) is 2.57. The van der Waals surface area contributed by atoms with E-state index in [9.17, 15) is 4.79 Å². The first-order valence-electron chi connectivity index (χ1n) is 6.04. The Kier molecular flexibility index (Phi) is 4.64. The third-order valence-corrected chi connectivity index (χ3v) is 3.37. The van der Waals surface area contributed by atoms with Gasteiger partial charge in [0, 0.05) is 6.92 Å². The summed E-state index contributed by atoms with van der Waals surface area (Å²) in [6, 6.07) is 3.70. The van der Waals surface area contributed by atoms with Gasteiger partial charge in [0.05, 0.1) is 17.3 Å².